The van der Waals surface area contributed by atoms with Crippen LogP contribution in [0.5, 0.6) is 0 Å². The summed E-state index contributed by atoms with van der Waals surface area (Å²) in [6.07, 6.45) is 0. The van der Waals surface area contributed by atoms with Gasteiger partial charge in [-0.25, -0.2) is 4.39 Å². The van der Waals surface area contributed by atoms with Crippen LogP contribution < -0.4 is 5.32 Å². The van der Waals surface area contributed by atoms with E-state index in [-0.39, 0.29) is 11.7 Å². The van der Waals surface area contributed by atoms with Crippen molar-refractivity contribution in [2.24, 2.45) is 7.05 Å². The summed E-state index contributed by atoms with van der Waals surface area (Å²) < 4.78 is 16.6. The number of amides is 1. The van der Waals surface area contributed by atoms with E-state index in [4.69, 9.17) is 0 Å². The molecule has 0 fully saturated rings. The zero-order valence-corrected chi connectivity index (χ0v) is 15.6. The van der Waals surface area contributed by atoms with Crippen molar-refractivity contribution in [3.8, 4) is 0 Å². The molecule has 2 aromatic heterocycles. The lowest BCUT2D eigenvalue weighted by Crippen LogP contribution is -2.15. The van der Waals surface area contributed by atoms with E-state index in [9.17, 15) is 9.18 Å². The molecular formula is C19H22FN5O. The zero-order chi connectivity index (χ0) is 19.0. The standard InChI is InChI=1S/C19H22FN5O/c1-11-17(13(3)24(5)22-11)19(26)21-18-12(2)23-25(14(18)4)10-15-6-8-16(20)9-7-15/h6-9H,10H2,1-5H3,(H,21,26). The van der Waals surface area contributed by atoms with Gasteiger partial charge in [-0.05, 0) is 45.4 Å². The first kappa shape index (κ1) is 17.8. The number of carbonyl (C=O) groups is 1. The first-order valence-electron chi connectivity index (χ1n) is 8.38. The lowest BCUT2D eigenvalue weighted by molar-refractivity contribution is 0.102. The number of hydrogen-bond acceptors (Lipinski definition) is 3. The van der Waals surface area contributed by atoms with Crippen LogP contribution in [0.25, 0.3) is 0 Å². The van der Waals surface area contributed by atoms with Crippen LogP contribution >= 0.6 is 0 Å². The Kier molecular flexibility index (Phi) is 4.63. The van der Waals surface area contributed by atoms with Gasteiger partial charge in [0.15, 0.2) is 0 Å². The smallest absolute Gasteiger partial charge is 0.259 e. The third kappa shape index (κ3) is 3.24. The largest absolute Gasteiger partial charge is 0.319 e. The van der Waals surface area contributed by atoms with Gasteiger partial charge in [0.1, 0.15) is 5.82 Å². The van der Waals surface area contributed by atoms with Gasteiger partial charge in [-0.15, -0.1) is 0 Å². The molecule has 0 bridgehead atoms. The van der Waals surface area contributed by atoms with Gasteiger partial charge < -0.3 is 5.32 Å². The molecule has 2 heterocycles. The maximum absolute atomic E-state index is 13.1. The summed E-state index contributed by atoms with van der Waals surface area (Å²) in [5, 5.41) is 11.8. The van der Waals surface area contributed by atoms with Crippen LogP contribution in [0.15, 0.2) is 24.3 Å². The molecule has 0 spiro atoms. The average Bonchev–Trinajstić information content (AvgIpc) is 2.99. The number of aryl methyl sites for hydroxylation is 3. The van der Waals surface area contributed by atoms with Gasteiger partial charge >= 0.3 is 0 Å². The fraction of sp³-hybridized carbons (Fsp3) is 0.316. The van der Waals surface area contributed by atoms with Crippen molar-refractivity contribution in [1.82, 2.24) is 19.6 Å². The molecule has 3 rings (SSSR count). The number of rotatable bonds is 4. The predicted octanol–water partition coefficient (Wildman–Crippen LogP) is 3.29. The Morgan fingerprint density at radius 3 is 2.27 bits per heavy atom. The van der Waals surface area contributed by atoms with Crippen LogP contribution in [0.1, 0.15) is 38.7 Å². The molecule has 1 N–H and O–H groups in total. The number of carbonyl (C=O) groups excluding carboxylic acids is 1. The van der Waals surface area contributed by atoms with E-state index in [1.54, 1.807) is 21.5 Å². The predicted molar refractivity (Wildman–Crippen MR) is 97.8 cm³/mol. The minimum atomic E-state index is -0.266. The van der Waals surface area contributed by atoms with Gasteiger partial charge in [-0.3, -0.25) is 14.2 Å². The van der Waals surface area contributed by atoms with Crippen LogP contribution in [-0.2, 0) is 13.6 Å². The molecule has 0 saturated carbocycles. The number of anilines is 1. The monoisotopic (exact) mass is 355 g/mol. The molecule has 0 unspecified atom stereocenters. The fourth-order valence-corrected chi connectivity index (χ4v) is 3.07. The molecule has 6 nitrogen and oxygen atoms in total. The topological polar surface area (TPSA) is 64.7 Å². The molecule has 7 heteroatoms. The first-order valence-corrected chi connectivity index (χ1v) is 8.38. The van der Waals surface area contributed by atoms with Crippen molar-refractivity contribution in [1.29, 1.82) is 0 Å². The number of halogens is 1. The number of hydrogen-bond donors (Lipinski definition) is 1. The average molecular weight is 355 g/mol. The van der Waals surface area contributed by atoms with E-state index in [0.717, 1.165) is 22.6 Å². The van der Waals surface area contributed by atoms with Gasteiger partial charge in [0.2, 0.25) is 0 Å². The molecule has 0 aliphatic heterocycles. The third-order valence-corrected chi connectivity index (χ3v) is 4.60. The van der Waals surface area contributed by atoms with E-state index in [2.05, 4.69) is 15.5 Å². The number of benzene rings is 1. The van der Waals surface area contributed by atoms with E-state index in [1.165, 1.54) is 12.1 Å². The Hall–Kier alpha value is -2.96. The van der Waals surface area contributed by atoms with Crippen molar-refractivity contribution in [2.75, 3.05) is 5.32 Å². The highest BCUT2D eigenvalue weighted by Crippen LogP contribution is 2.22. The second kappa shape index (κ2) is 6.74. The SMILES string of the molecule is Cc1nn(Cc2ccc(F)cc2)c(C)c1NC(=O)c1c(C)nn(C)c1C. The van der Waals surface area contributed by atoms with Crippen LogP contribution in [0.3, 0.4) is 0 Å². The Bertz CT molecular complexity index is 969. The number of aromatic nitrogens is 4. The summed E-state index contributed by atoms with van der Waals surface area (Å²) in [5.74, 6) is -0.460. The van der Waals surface area contributed by atoms with Crippen LogP contribution in [0.4, 0.5) is 10.1 Å². The summed E-state index contributed by atoms with van der Waals surface area (Å²) >= 11 is 0. The van der Waals surface area contributed by atoms with Gasteiger partial charge in [0.25, 0.3) is 5.91 Å². The van der Waals surface area contributed by atoms with Crippen LogP contribution in [0, 0.1) is 33.5 Å². The van der Waals surface area contributed by atoms with Gasteiger partial charge in [0.05, 0.1) is 34.9 Å². The van der Waals surface area contributed by atoms with Crippen molar-refractivity contribution < 1.29 is 9.18 Å². The normalized spacial score (nSPS) is 11.0. The molecule has 0 saturated heterocycles. The lowest BCUT2D eigenvalue weighted by Gasteiger charge is -2.08. The molecule has 136 valence electrons. The second-order valence-corrected chi connectivity index (χ2v) is 6.45. The van der Waals surface area contributed by atoms with Crippen molar-refractivity contribution in [3.63, 3.8) is 0 Å². The van der Waals surface area contributed by atoms with Crippen LogP contribution in [-0.4, -0.2) is 25.5 Å². The third-order valence-electron chi connectivity index (χ3n) is 4.60. The number of nitrogens with one attached hydrogen (secondary N) is 1. The first-order chi connectivity index (χ1) is 12.3. The summed E-state index contributed by atoms with van der Waals surface area (Å²) in [5.41, 5.74) is 5.30. The maximum atomic E-state index is 13.1. The molecule has 0 aliphatic carbocycles. The highest BCUT2D eigenvalue weighted by atomic mass is 19.1. The summed E-state index contributed by atoms with van der Waals surface area (Å²) in [4.78, 5) is 12.7. The van der Waals surface area contributed by atoms with Gasteiger partial charge in [0, 0.05) is 12.7 Å². The summed E-state index contributed by atoms with van der Waals surface area (Å²) in [6, 6.07) is 6.31. The Morgan fingerprint density at radius 2 is 1.69 bits per heavy atom. The number of nitrogens with zero attached hydrogens (tertiary/aromatic N) is 4. The maximum Gasteiger partial charge on any atom is 0.259 e. The Morgan fingerprint density at radius 1 is 1.04 bits per heavy atom. The van der Waals surface area contributed by atoms with E-state index >= 15 is 0 Å². The van der Waals surface area contributed by atoms with Gasteiger partial charge in [-0.1, -0.05) is 12.1 Å². The molecule has 3 aromatic rings. The van der Waals surface area contributed by atoms with Crippen molar-refractivity contribution in [2.45, 2.75) is 34.2 Å². The Labute approximate surface area is 151 Å². The zero-order valence-electron chi connectivity index (χ0n) is 15.6. The quantitative estimate of drug-likeness (QED) is 0.781. The highest BCUT2D eigenvalue weighted by Gasteiger charge is 2.20. The molecule has 0 atom stereocenters. The molecule has 1 amide bonds. The highest BCUT2D eigenvalue weighted by molar-refractivity contribution is 6.06. The van der Waals surface area contributed by atoms with Crippen LogP contribution in [0.2, 0.25) is 0 Å². The van der Waals surface area contributed by atoms with Gasteiger partial charge in [-0.2, -0.15) is 10.2 Å². The summed E-state index contributed by atoms with van der Waals surface area (Å²) in [6.45, 7) is 7.95. The summed E-state index contributed by atoms with van der Waals surface area (Å²) in [7, 11) is 1.82. The molecule has 0 radical (unpaired) electrons. The lowest BCUT2D eigenvalue weighted by atomic mass is 10.1. The minimum absolute atomic E-state index is 0.194. The molecule has 1 aromatic carbocycles. The van der Waals surface area contributed by atoms with Crippen molar-refractivity contribution >= 4 is 11.6 Å². The van der Waals surface area contributed by atoms with E-state index < -0.39 is 0 Å². The molecular weight excluding hydrogens is 333 g/mol. The van der Waals surface area contributed by atoms with E-state index in [0.29, 0.717) is 23.5 Å². The molecule has 26 heavy (non-hydrogen) atoms. The van der Waals surface area contributed by atoms with E-state index in [1.807, 2.05) is 34.7 Å². The Balaban J connectivity index is 1.86. The van der Waals surface area contributed by atoms with Crippen molar-refractivity contribution in [3.05, 3.63) is 64.0 Å². The fourth-order valence-electron chi connectivity index (χ4n) is 3.07. The second-order valence-electron chi connectivity index (χ2n) is 6.45. The minimum Gasteiger partial charge on any atom is -0.319 e. The molecule has 0 aliphatic rings.